The molecule has 1 rings (SSSR count). The minimum Gasteiger partial charge on any atom is -0.466 e. The summed E-state index contributed by atoms with van der Waals surface area (Å²) in [5.74, 6) is -0.456. The summed E-state index contributed by atoms with van der Waals surface area (Å²) in [6, 6.07) is 3.59. The van der Waals surface area contributed by atoms with Crippen LogP contribution in [0.5, 0.6) is 0 Å². The molecule has 1 aromatic heterocycles. The zero-order chi connectivity index (χ0) is 17.6. The van der Waals surface area contributed by atoms with Gasteiger partial charge in [-0.1, -0.05) is 32.1 Å². The molecule has 0 radical (unpaired) electrons. The number of pyridine rings is 1. The van der Waals surface area contributed by atoms with Gasteiger partial charge in [0.15, 0.2) is 12.4 Å². The zero-order valence-corrected chi connectivity index (χ0v) is 14.8. The summed E-state index contributed by atoms with van der Waals surface area (Å²) in [6.45, 7) is 3.23. The molecule has 1 heterocycles. The Morgan fingerprint density at radius 2 is 1.67 bits per heavy atom. The van der Waals surface area contributed by atoms with Gasteiger partial charge in [-0.2, -0.15) is 0 Å². The number of aryl methyl sites for hydroxylation is 1. The van der Waals surface area contributed by atoms with Crippen molar-refractivity contribution >= 4 is 11.9 Å². The zero-order valence-electron chi connectivity index (χ0n) is 14.8. The molecular weight excluding hydrogens is 304 g/mol. The first-order valence-corrected chi connectivity index (χ1v) is 9.08. The summed E-state index contributed by atoms with van der Waals surface area (Å²) in [7, 11) is 0. The number of hydrogen-bond donors (Lipinski definition) is 1. The maximum absolute atomic E-state index is 11.2. The van der Waals surface area contributed by atoms with Gasteiger partial charge in [-0.15, -0.1) is 0 Å². The SMILES string of the molecule is CCOC(=O)CCCCCCCCCC[n+]1cccc(C(N)=O)c1. The number of rotatable bonds is 13. The molecule has 1 aromatic rings. The van der Waals surface area contributed by atoms with Crippen molar-refractivity contribution in [2.75, 3.05) is 6.61 Å². The van der Waals surface area contributed by atoms with Crippen LogP contribution in [0.1, 0.15) is 75.1 Å². The van der Waals surface area contributed by atoms with Crippen molar-refractivity contribution in [1.29, 1.82) is 0 Å². The summed E-state index contributed by atoms with van der Waals surface area (Å²) in [4.78, 5) is 22.3. The average Bonchev–Trinajstić information content (AvgIpc) is 2.57. The van der Waals surface area contributed by atoms with E-state index >= 15 is 0 Å². The predicted octanol–water partition coefficient (Wildman–Crippen LogP) is 3.15. The number of nitrogens with zero attached hydrogens (tertiary/aromatic N) is 1. The van der Waals surface area contributed by atoms with Crippen LogP contribution in [0, 0.1) is 0 Å². The predicted molar refractivity (Wildman–Crippen MR) is 93.3 cm³/mol. The van der Waals surface area contributed by atoms with E-state index in [1.807, 2.05) is 30.0 Å². The standard InChI is InChI=1S/C19H30N2O3/c1-2-24-18(22)13-9-7-5-3-4-6-8-10-14-21-15-11-12-17(16-21)19(20)23/h11-12,15-16H,2-10,13-14H2,1H3,(H-,20,23)/p+1. The maximum atomic E-state index is 11.2. The Hall–Kier alpha value is -1.91. The van der Waals surface area contributed by atoms with Gasteiger partial charge < -0.3 is 10.5 Å². The second-order valence-corrected chi connectivity index (χ2v) is 6.08. The summed E-state index contributed by atoms with van der Waals surface area (Å²) in [6.07, 6.45) is 13.6. The first-order valence-electron chi connectivity index (χ1n) is 9.08. The van der Waals surface area contributed by atoms with Crippen molar-refractivity contribution in [3.05, 3.63) is 30.1 Å². The van der Waals surface area contributed by atoms with E-state index in [1.165, 1.54) is 32.1 Å². The smallest absolute Gasteiger partial charge is 0.305 e. The van der Waals surface area contributed by atoms with Gasteiger partial charge in [0.1, 0.15) is 12.1 Å². The van der Waals surface area contributed by atoms with Crippen molar-refractivity contribution < 1.29 is 18.9 Å². The van der Waals surface area contributed by atoms with Crippen molar-refractivity contribution in [3.8, 4) is 0 Å². The van der Waals surface area contributed by atoms with E-state index in [1.54, 1.807) is 6.07 Å². The molecule has 134 valence electrons. The largest absolute Gasteiger partial charge is 0.466 e. The van der Waals surface area contributed by atoms with Crippen LogP contribution >= 0.6 is 0 Å². The van der Waals surface area contributed by atoms with Gasteiger partial charge in [0.25, 0.3) is 5.91 Å². The number of nitrogens with two attached hydrogens (primary N) is 1. The van der Waals surface area contributed by atoms with Crippen LogP contribution < -0.4 is 10.3 Å². The monoisotopic (exact) mass is 335 g/mol. The van der Waals surface area contributed by atoms with Crippen LogP contribution in [0.2, 0.25) is 0 Å². The number of amides is 1. The lowest BCUT2D eigenvalue weighted by atomic mass is 10.1. The average molecular weight is 335 g/mol. The quantitative estimate of drug-likeness (QED) is 0.342. The molecule has 0 saturated heterocycles. The summed E-state index contributed by atoms with van der Waals surface area (Å²) < 4.78 is 6.93. The van der Waals surface area contributed by atoms with Crippen LogP contribution in [-0.4, -0.2) is 18.5 Å². The first kappa shape index (κ1) is 20.1. The lowest BCUT2D eigenvalue weighted by molar-refractivity contribution is -0.697. The Morgan fingerprint density at radius 1 is 1.04 bits per heavy atom. The number of primary amides is 1. The number of carbonyl (C=O) groups excluding carboxylic acids is 2. The number of aromatic nitrogens is 1. The molecule has 0 aliphatic heterocycles. The molecule has 0 spiro atoms. The highest BCUT2D eigenvalue weighted by molar-refractivity contribution is 5.92. The normalized spacial score (nSPS) is 10.5. The van der Waals surface area contributed by atoms with Gasteiger partial charge in [0.05, 0.1) is 6.61 Å². The lowest BCUT2D eigenvalue weighted by Crippen LogP contribution is -2.34. The Labute approximate surface area is 145 Å². The number of unbranched alkanes of at least 4 members (excludes halogenated alkanes) is 7. The fraction of sp³-hybridized carbons (Fsp3) is 0.632. The highest BCUT2D eigenvalue weighted by atomic mass is 16.5. The van der Waals surface area contributed by atoms with Gasteiger partial charge in [-0.05, 0) is 25.8 Å². The fourth-order valence-corrected chi connectivity index (χ4v) is 2.66. The number of hydrogen-bond acceptors (Lipinski definition) is 3. The molecule has 5 heteroatoms. The molecule has 0 unspecified atom stereocenters. The highest BCUT2D eigenvalue weighted by Gasteiger charge is 2.06. The van der Waals surface area contributed by atoms with E-state index in [-0.39, 0.29) is 11.9 Å². The molecule has 2 N–H and O–H groups in total. The molecule has 0 aliphatic rings. The Morgan fingerprint density at radius 3 is 2.29 bits per heavy atom. The third kappa shape index (κ3) is 9.28. The number of carbonyl (C=O) groups is 2. The maximum Gasteiger partial charge on any atom is 0.305 e. The summed E-state index contributed by atoms with van der Waals surface area (Å²) in [5.41, 5.74) is 5.84. The minimum atomic E-state index is -0.382. The van der Waals surface area contributed by atoms with E-state index in [9.17, 15) is 9.59 Å². The Kier molecular flexibility index (Phi) is 10.5. The van der Waals surface area contributed by atoms with Gasteiger partial charge in [-0.3, -0.25) is 9.59 Å². The van der Waals surface area contributed by atoms with E-state index in [0.717, 1.165) is 25.8 Å². The number of ether oxygens (including phenoxy) is 1. The van der Waals surface area contributed by atoms with Crippen LogP contribution in [0.25, 0.3) is 0 Å². The second-order valence-electron chi connectivity index (χ2n) is 6.08. The third-order valence-electron chi connectivity index (χ3n) is 4.00. The molecule has 5 nitrogen and oxygen atoms in total. The van der Waals surface area contributed by atoms with E-state index in [4.69, 9.17) is 10.5 Å². The second kappa shape index (κ2) is 12.5. The molecule has 0 aliphatic carbocycles. The first-order chi connectivity index (χ1) is 11.6. The van der Waals surface area contributed by atoms with Gasteiger partial charge in [0.2, 0.25) is 0 Å². The molecule has 0 atom stereocenters. The van der Waals surface area contributed by atoms with Crippen LogP contribution in [-0.2, 0) is 16.1 Å². The van der Waals surface area contributed by atoms with E-state index < -0.39 is 0 Å². The van der Waals surface area contributed by atoms with Gasteiger partial charge in [-0.25, -0.2) is 4.57 Å². The Balaban J connectivity index is 1.96. The Bertz CT molecular complexity index is 503. The van der Waals surface area contributed by atoms with Crippen LogP contribution in [0.15, 0.2) is 24.5 Å². The molecule has 0 saturated carbocycles. The van der Waals surface area contributed by atoms with Crippen molar-refractivity contribution in [1.82, 2.24) is 0 Å². The molecule has 0 aromatic carbocycles. The summed E-state index contributed by atoms with van der Waals surface area (Å²) >= 11 is 0. The highest BCUT2D eigenvalue weighted by Crippen LogP contribution is 2.10. The number of esters is 1. The van der Waals surface area contributed by atoms with Crippen LogP contribution in [0.3, 0.4) is 0 Å². The molecular formula is C19H31N2O3+. The molecule has 0 fully saturated rings. The van der Waals surface area contributed by atoms with Crippen molar-refractivity contribution in [3.63, 3.8) is 0 Å². The lowest BCUT2D eigenvalue weighted by Gasteiger charge is -2.03. The summed E-state index contributed by atoms with van der Waals surface area (Å²) in [5, 5.41) is 0. The fourth-order valence-electron chi connectivity index (χ4n) is 2.66. The molecule has 0 bridgehead atoms. The van der Waals surface area contributed by atoms with Crippen LogP contribution in [0.4, 0.5) is 0 Å². The van der Waals surface area contributed by atoms with Gasteiger partial charge >= 0.3 is 5.97 Å². The van der Waals surface area contributed by atoms with Gasteiger partial charge in [0, 0.05) is 18.9 Å². The van der Waals surface area contributed by atoms with Crippen molar-refractivity contribution in [2.45, 2.75) is 71.3 Å². The third-order valence-corrected chi connectivity index (χ3v) is 4.00. The van der Waals surface area contributed by atoms with E-state index in [2.05, 4.69) is 0 Å². The topological polar surface area (TPSA) is 73.3 Å². The molecule has 1 amide bonds. The van der Waals surface area contributed by atoms with Crippen molar-refractivity contribution in [2.24, 2.45) is 5.73 Å². The minimum absolute atomic E-state index is 0.0737. The van der Waals surface area contributed by atoms with E-state index in [0.29, 0.717) is 18.6 Å². The molecule has 24 heavy (non-hydrogen) atoms.